The van der Waals surface area contributed by atoms with Crippen molar-refractivity contribution in [2.75, 3.05) is 51.1 Å². The molecule has 29 heavy (non-hydrogen) atoms. The van der Waals surface area contributed by atoms with E-state index in [-0.39, 0.29) is 39.6 Å². The highest BCUT2D eigenvalue weighted by molar-refractivity contribution is 5.76. The molecule has 4 N–H and O–H groups in total. The summed E-state index contributed by atoms with van der Waals surface area (Å²) in [6.07, 6.45) is 0. The van der Waals surface area contributed by atoms with Crippen LogP contribution in [0.1, 0.15) is 0 Å². The SMILES string of the molecule is Nc1ccccc1OC(=O)COCCOCCOCC(=O)Oc1ccccc1N. The molecule has 2 rings (SSSR count). The molecule has 0 aliphatic heterocycles. The number of rotatable bonds is 12. The average Bonchev–Trinajstić information content (AvgIpc) is 2.70. The van der Waals surface area contributed by atoms with Crippen molar-refractivity contribution >= 4 is 23.3 Å². The lowest BCUT2D eigenvalue weighted by Crippen LogP contribution is -2.19. The molecule has 0 bridgehead atoms. The lowest BCUT2D eigenvalue weighted by molar-refractivity contribution is -0.140. The van der Waals surface area contributed by atoms with E-state index in [4.69, 9.17) is 35.2 Å². The molecule has 0 unspecified atom stereocenters. The van der Waals surface area contributed by atoms with Gasteiger partial charge in [-0.3, -0.25) is 0 Å². The Bertz CT molecular complexity index is 732. The molecule has 0 atom stereocenters. The van der Waals surface area contributed by atoms with Crippen molar-refractivity contribution in [3.63, 3.8) is 0 Å². The topological polar surface area (TPSA) is 132 Å². The highest BCUT2D eigenvalue weighted by Crippen LogP contribution is 2.20. The first-order chi connectivity index (χ1) is 14.1. The number of nitrogen functional groups attached to an aromatic ring is 2. The smallest absolute Gasteiger partial charge is 0.337 e. The van der Waals surface area contributed by atoms with Crippen molar-refractivity contribution < 1.29 is 33.3 Å². The van der Waals surface area contributed by atoms with Crippen LogP contribution in [0.3, 0.4) is 0 Å². The van der Waals surface area contributed by atoms with E-state index in [0.717, 1.165) is 0 Å². The number of nitrogens with two attached hydrogens (primary N) is 2. The molecule has 0 aliphatic carbocycles. The Morgan fingerprint density at radius 3 is 1.41 bits per heavy atom. The van der Waals surface area contributed by atoms with Crippen molar-refractivity contribution in [2.45, 2.75) is 0 Å². The highest BCUT2D eigenvalue weighted by Gasteiger charge is 2.08. The zero-order valence-electron chi connectivity index (χ0n) is 15.9. The van der Waals surface area contributed by atoms with Crippen molar-refractivity contribution in [3.8, 4) is 11.5 Å². The summed E-state index contributed by atoms with van der Waals surface area (Å²) < 4.78 is 25.8. The minimum Gasteiger partial charge on any atom is -0.423 e. The molecule has 0 heterocycles. The van der Waals surface area contributed by atoms with Crippen molar-refractivity contribution in [2.24, 2.45) is 0 Å². The van der Waals surface area contributed by atoms with E-state index >= 15 is 0 Å². The van der Waals surface area contributed by atoms with Crippen LogP contribution in [0.25, 0.3) is 0 Å². The lowest BCUT2D eigenvalue weighted by Gasteiger charge is -2.08. The molecule has 0 fully saturated rings. The summed E-state index contributed by atoms with van der Waals surface area (Å²) in [5, 5.41) is 0. The van der Waals surface area contributed by atoms with Gasteiger partial charge in [0.15, 0.2) is 11.5 Å². The molecule has 0 saturated heterocycles. The number of hydrogen-bond acceptors (Lipinski definition) is 9. The summed E-state index contributed by atoms with van der Waals surface area (Å²) in [6.45, 7) is 0.485. The fourth-order valence-corrected chi connectivity index (χ4v) is 2.10. The number of para-hydroxylation sites is 4. The molecular weight excluding hydrogens is 380 g/mol. The molecule has 0 aromatic heterocycles. The van der Waals surface area contributed by atoms with E-state index in [1.807, 2.05) is 0 Å². The number of anilines is 2. The Morgan fingerprint density at radius 2 is 1.00 bits per heavy atom. The molecule has 156 valence electrons. The Labute approximate surface area is 168 Å². The predicted molar refractivity (Wildman–Crippen MR) is 105 cm³/mol. The van der Waals surface area contributed by atoms with Crippen LogP contribution in [0.4, 0.5) is 11.4 Å². The van der Waals surface area contributed by atoms with Gasteiger partial charge in [0.05, 0.1) is 37.8 Å². The van der Waals surface area contributed by atoms with E-state index in [9.17, 15) is 9.59 Å². The van der Waals surface area contributed by atoms with Crippen LogP contribution < -0.4 is 20.9 Å². The van der Waals surface area contributed by atoms with E-state index in [1.54, 1.807) is 48.5 Å². The van der Waals surface area contributed by atoms with Gasteiger partial charge in [-0.05, 0) is 24.3 Å². The number of ether oxygens (including phenoxy) is 5. The molecule has 9 heteroatoms. The zero-order chi connectivity index (χ0) is 20.9. The molecular formula is C20H24N2O7. The van der Waals surface area contributed by atoms with Crippen LogP contribution >= 0.6 is 0 Å². The number of esters is 2. The molecule has 0 amide bonds. The number of carbonyl (C=O) groups is 2. The second-order valence-corrected chi connectivity index (χ2v) is 5.74. The van der Waals surface area contributed by atoms with Gasteiger partial charge in [0.25, 0.3) is 0 Å². The lowest BCUT2D eigenvalue weighted by atomic mass is 10.3. The summed E-state index contributed by atoms with van der Waals surface area (Å²) in [7, 11) is 0. The van der Waals surface area contributed by atoms with Gasteiger partial charge in [0, 0.05) is 0 Å². The van der Waals surface area contributed by atoms with Gasteiger partial charge < -0.3 is 35.2 Å². The van der Waals surface area contributed by atoms with E-state index in [0.29, 0.717) is 22.9 Å². The molecule has 2 aromatic carbocycles. The number of hydrogen-bond donors (Lipinski definition) is 2. The first kappa shape index (κ1) is 22.2. The first-order valence-corrected chi connectivity index (χ1v) is 8.90. The van der Waals surface area contributed by atoms with E-state index in [2.05, 4.69) is 0 Å². The molecule has 0 aliphatic rings. The summed E-state index contributed by atoms with van der Waals surface area (Å²) in [6, 6.07) is 13.4. The van der Waals surface area contributed by atoms with E-state index in [1.165, 1.54) is 0 Å². The fourth-order valence-electron chi connectivity index (χ4n) is 2.10. The van der Waals surface area contributed by atoms with Crippen LogP contribution in [0.2, 0.25) is 0 Å². The normalized spacial score (nSPS) is 10.5. The third kappa shape index (κ3) is 8.60. The number of benzene rings is 2. The second kappa shape index (κ2) is 12.3. The van der Waals surface area contributed by atoms with Crippen LogP contribution in [-0.4, -0.2) is 51.6 Å². The average molecular weight is 404 g/mol. The van der Waals surface area contributed by atoms with Crippen LogP contribution in [0.15, 0.2) is 48.5 Å². The third-order valence-corrected chi connectivity index (χ3v) is 3.47. The molecule has 0 radical (unpaired) electrons. The summed E-state index contributed by atoms with van der Waals surface area (Å²) >= 11 is 0. The van der Waals surface area contributed by atoms with Crippen molar-refractivity contribution in [1.29, 1.82) is 0 Å². The maximum Gasteiger partial charge on any atom is 0.337 e. The van der Waals surface area contributed by atoms with Gasteiger partial charge in [-0.1, -0.05) is 24.3 Å². The Balaban J connectivity index is 1.45. The maximum atomic E-state index is 11.6. The van der Waals surface area contributed by atoms with E-state index < -0.39 is 11.9 Å². The Hall–Kier alpha value is -3.14. The maximum absolute atomic E-state index is 11.6. The van der Waals surface area contributed by atoms with Crippen LogP contribution in [-0.2, 0) is 23.8 Å². The zero-order valence-corrected chi connectivity index (χ0v) is 15.9. The van der Waals surface area contributed by atoms with Gasteiger partial charge in [-0.25, -0.2) is 9.59 Å². The first-order valence-electron chi connectivity index (χ1n) is 8.90. The molecule has 9 nitrogen and oxygen atoms in total. The second-order valence-electron chi connectivity index (χ2n) is 5.74. The fraction of sp³-hybridized carbons (Fsp3) is 0.300. The monoisotopic (exact) mass is 404 g/mol. The minimum atomic E-state index is -0.552. The van der Waals surface area contributed by atoms with Crippen molar-refractivity contribution in [1.82, 2.24) is 0 Å². The van der Waals surface area contributed by atoms with Crippen LogP contribution in [0.5, 0.6) is 11.5 Å². The summed E-state index contributed by atoms with van der Waals surface area (Å²) in [5.41, 5.74) is 12.1. The van der Waals surface area contributed by atoms with Gasteiger partial charge in [-0.15, -0.1) is 0 Å². The Morgan fingerprint density at radius 1 is 0.621 bits per heavy atom. The van der Waals surface area contributed by atoms with Gasteiger partial charge in [0.1, 0.15) is 13.2 Å². The quantitative estimate of drug-likeness (QED) is 0.233. The third-order valence-electron chi connectivity index (χ3n) is 3.47. The van der Waals surface area contributed by atoms with Crippen LogP contribution in [0, 0.1) is 0 Å². The van der Waals surface area contributed by atoms with Crippen molar-refractivity contribution in [3.05, 3.63) is 48.5 Å². The predicted octanol–water partition coefficient (Wildman–Crippen LogP) is 1.41. The highest BCUT2D eigenvalue weighted by atomic mass is 16.6. The molecule has 0 spiro atoms. The van der Waals surface area contributed by atoms with Gasteiger partial charge >= 0.3 is 11.9 Å². The molecule has 2 aromatic rings. The minimum absolute atomic E-state index is 0.203. The summed E-state index contributed by atoms with van der Waals surface area (Å²) in [4.78, 5) is 23.3. The van der Waals surface area contributed by atoms with Gasteiger partial charge in [0.2, 0.25) is 0 Å². The summed E-state index contributed by atoms with van der Waals surface area (Å²) in [5.74, 6) is -0.515. The standard InChI is InChI=1S/C20H24N2O7/c21-15-5-1-3-7-17(15)28-19(23)13-26-11-9-25-10-12-27-14-20(24)29-18-8-4-2-6-16(18)22/h1-8H,9-14,21-22H2. The molecule has 0 saturated carbocycles. The van der Waals surface area contributed by atoms with Gasteiger partial charge in [-0.2, -0.15) is 0 Å². The Kier molecular flexibility index (Phi) is 9.43. The number of carbonyl (C=O) groups excluding carboxylic acids is 2. The largest absolute Gasteiger partial charge is 0.423 e.